The molecule has 6 heteroatoms. The molecule has 2 aromatic carbocycles. The molecule has 6 nitrogen and oxygen atoms in total. The summed E-state index contributed by atoms with van der Waals surface area (Å²) >= 11 is 0. The van der Waals surface area contributed by atoms with Gasteiger partial charge >= 0.3 is 0 Å². The molecular formula is C45H56O6. The van der Waals surface area contributed by atoms with Crippen LogP contribution in [0, 0.1) is 22.2 Å². The summed E-state index contributed by atoms with van der Waals surface area (Å²) in [7, 11) is 0. The SMILES string of the molecule is CC(C)=CCC[C@]1(C)[C@@H](CC=C(C)C)C[C@@]2(CC=C(C)C)C(=O)C(=C(O)c3ccc(OCc4ccccc4)c(O)c3)C(=O)[C@]1(CC=C(C)C)C2=O. The summed E-state index contributed by atoms with van der Waals surface area (Å²) in [6.07, 6.45) is 10.5. The molecule has 4 rings (SSSR count). The third-order valence-electron chi connectivity index (χ3n) is 11.0. The predicted octanol–water partition coefficient (Wildman–Crippen LogP) is 10.8. The molecular weight excluding hydrogens is 636 g/mol. The minimum Gasteiger partial charge on any atom is -0.506 e. The molecule has 2 saturated carbocycles. The molecule has 0 spiro atoms. The van der Waals surface area contributed by atoms with E-state index >= 15 is 9.59 Å². The number of fused-ring (bicyclic) bond motifs is 2. The second-order valence-electron chi connectivity index (χ2n) is 15.8. The smallest absolute Gasteiger partial charge is 0.184 e. The van der Waals surface area contributed by atoms with Crippen LogP contribution >= 0.6 is 0 Å². The van der Waals surface area contributed by atoms with Gasteiger partial charge in [0.1, 0.15) is 23.4 Å². The first-order chi connectivity index (χ1) is 24.0. The first-order valence-corrected chi connectivity index (χ1v) is 18.1. The summed E-state index contributed by atoms with van der Waals surface area (Å²) in [5.41, 5.74) is 0.871. The van der Waals surface area contributed by atoms with E-state index in [-0.39, 0.29) is 60.2 Å². The fourth-order valence-corrected chi connectivity index (χ4v) is 7.97. The number of aromatic hydroxyl groups is 1. The molecule has 2 N–H and O–H groups in total. The summed E-state index contributed by atoms with van der Waals surface area (Å²) in [6.45, 7) is 18.2. The number of hydrogen-bond acceptors (Lipinski definition) is 6. The number of benzene rings is 2. The molecule has 2 aromatic rings. The second kappa shape index (κ2) is 15.8. The predicted molar refractivity (Wildman–Crippen MR) is 205 cm³/mol. The van der Waals surface area contributed by atoms with E-state index in [1.807, 2.05) is 97.9 Å². The van der Waals surface area contributed by atoms with Crippen LogP contribution in [-0.4, -0.2) is 27.6 Å². The first-order valence-electron chi connectivity index (χ1n) is 18.1. The number of aliphatic hydroxyl groups is 1. The number of Topliss-reactive ketones (excluding diaryl/α,β-unsaturated/α-hetero) is 3. The van der Waals surface area contributed by atoms with Crippen LogP contribution in [-0.2, 0) is 21.0 Å². The van der Waals surface area contributed by atoms with E-state index in [0.717, 1.165) is 27.9 Å². The number of carbonyl (C=O) groups is 3. The molecule has 0 aliphatic heterocycles. The van der Waals surface area contributed by atoms with E-state index in [1.54, 1.807) is 0 Å². The van der Waals surface area contributed by atoms with E-state index in [1.165, 1.54) is 18.2 Å². The summed E-state index contributed by atoms with van der Waals surface area (Å²) in [5.74, 6) is -2.34. The first kappa shape index (κ1) is 39.3. The van der Waals surface area contributed by atoms with Crippen LogP contribution in [0.25, 0.3) is 5.76 Å². The third kappa shape index (κ3) is 7.75. The number of allylic oxidation sites excluding steroid dienone is 9. The van der Waals surface area contributed by atoms with Crippen molar-refractivity contribution in [3.63, 3.8) is 0 Å². The van der Waals surface area contributed by atoms with Gasteiger partial charge in [0.05, 0.1) is 5.41 Å². The standard InChI is InChI=1S/C45H56O6/c1-29(2)14-13-23-43(9)35(19-17-30(3)4)27-44(24-21-31(5)6)40(48)38(41(49)45(43,42(44)50)25-22-32(7)8)39(47)34-18-20-37(36(46)26-34)51-28-33-15-11-10-12-16-33/h10-12,14-18,20-22,26,35,46-47H,13,19,23-25,27-28H2,1-9H3/t35-,43+,44-,45+/m0/s1. The monoisotopic (exact) mass is 692 g/mol. The van der Waals surface area contributed by atoms with Gasteiger partial charge in [0.15, 0.2) is 28.8 Å². The number of phenols is 1. The van der Waals surface area contributed by atoms with E-state index in [0.29, 0.717) is 19.3 Å². The number of ether oxygens (including phenoxy) is 1. The zero-order chi connectivity index (χ0) is 37.7. The lowest BCUT2D eigenvalue weighted by molar-refractivity contribution is -0.178. The van der Waals surface area contributed by atoms with Gasteiger partial charge < -0.3 is 14.9 Å². The Labute approximate surface area is 304 Å². The Morgan fingerprint density at radius 2 is 1.41 bits per heavy atom. The highest BCUT2D eigenvalue weighted by atomic mass is 16.5. The van der Waals surface area contributed by atoms with Crippen LogP contribution in [0.15, 0.2) is 101 Å². The quantitative estimate of drug-likeness (QED) is 0.0712. The molecule has 0 radical (unpaired) electrons. The Bertz CT molecular complexity index is 1810. The van der Waals surface area contributed by atoms with E-state index in [4.69, 9.17) is 4.74 Å². The van der Waals surface area contributed by atoms with Gasteiger partial charge in [-0.15, -0.1) is 0 Å². The fraction of sp³-hybridized carbons (Fsp3) is 0.444. The Balaban J connectivity index is 1.99. The van der Waals surface area contributed by atoms with E-state index in [9.17, 15) is 15.0 Å². The molecule has 272 valence electrons. The molecule has 2 fully saturated rings. The lowest BCUT2D eigenvalue weighted by atomic mass is 9.37. The maximum absolute atomic E-state index is 15.4. The van der Waals surface area contributed by atoms with Crippen LogP contribution in [0.1, 0.15) is 112 Å². The van der Waals surface area contributed by atoms with E-state index in [2.05, 4.69) is 19.1 Å². The highest BCUT2D eigenvalue weighted by Crippen LogP contribution is 2.67. The zero-order valence-corrected chi connectivity index (χ0v) is 32.0. The number of rotatable bonds is 13. The highest BCUT2D eigenvalue weighted by molar-refractivity contribution is 6.41. The van der Waals surface area contributed by atoms with Gasteiger partial charge in [0.2, 0.25) is 0 Å². The molecule has 0 amide bonds. The van der Waals surface area contributed by atoms with Gasteiger partial charge in [0, 0.05) is 5.56 Å². The van der Waals surface area contributed by atoms with Crippen LogP contribution in [0.2, 0.25) is 0 Å². The average Bonchev–Trinajstić information content (AvgIpc) is 3.06. The number of aliphatic hydroxyl groups excluding tert-OH is 1. The average molecular weight is 693 g/mol. The van der Waals surface area contributed by atoms with Crippen molar-refractivity contribution in [2.24, 2.45) is 22.2 Å². The van der Waals surface area contributed by atoms with Crippen LogP contribution < -0.4 is 4.74 Å². The van der Waals surface area contributed by atoms with Crippen molar-refractivity contribution >= 4 is 23.1 Å². The molecule has 0 unspecified atom stereocenters. The lowest BCUT2D eigenvalue weighted by Crippen LogP contribution is -2.70. The highest BCUT2D eigenvalue weighted by Gasteiger charge is 2.74. The van der Waals surface area contributed by atoms with Crippen molar-refractivity contribution in [2.45, 2.75) is 107 Å². The summed E-state index contributed by atoms with van der Waals surface area (Å²) in [4.78, 5) is 45.7. The zero-order valence-electron chi connectivity index (χ0n) is 32.0. The van der Waals surface area contributed by atoms with E-state index < -0.39 is 33.6 Å². The molecule has 0 aromatic heterocycles. The number of ketones is 3. The maximum atomic E-state index is 15.4. The Hall–Kier alpha value is -4.45. The third-order valence-corrected chi connectivity index (χ3v) is 11.0. The normalized spacial score (nSPS) is 25.1. The molecule has 2 aliphatic rings. The van der Waals surface area contributed by atoms with Gasteiger partial charge in [0.25, 0.3) is 0 Å². The van der Waals surface area contributed by atoms with Crippen molar-refractivity contribution in [1.82, 2.24) is 0 Å². The Morgan fingerprint density at radius 1 is 0.804 bits per heavy atom. The molecule has 2 bridgehead atoms. The molecule has 2 aliphatic carbocycles. The van der Waals surface area contributed by atoms with Gasteiger partial charge in [-0.25, -0.2) is 0 Å². The topological polar surface area (TPSA) is 101 Å². The van der Waals surface area contributed by atoms with Gasteiger partial charge in [-0.2, -0.15) is 0 Å². The van der Waals surface area contributed by atoms with Crippen LogP contribution in [0.3, 0.4) is 0 Å². The van der Waals surface area contributed by atoms with Crippen molar-refractivity contribution in [3.05, 3.63) is 112 Å². The van der Waals surface area contributed by atoms with Crippen molar-refractivity contribution in [2.75, 3.05) is 0 Å². The molecule has 0 heterocycles. The summed E-state index contributed by atoms with van der Waals surface area (Å²) < 4.78 is 5.85. The minimum absolute atomic E-state index is 0.103. The maximum Gasteiger partial charge on any atom is 0.184 e. The van der Waals surface area contributed by atoms with Crippen LogP contribution in [0.5, 0.6) is 11.5 Å². The molecule has 4 atom stereocenters. The van der Waals surface area contributed by atoms with Crippen molar-refractivity contribution in [3.8, 4) is 11.5 Å². The number of carbonyl (C=O) groups excluding carboxylic acids is 3. The second-order valence-corrected chi connectivity index (χ2v) is 15.8. The van der Waals surface area contributed by atoms with Gasteiger partial charge in [-0.3, -0.25) is 14.4 Å². The minimum atomic E-state index is -1.61. The number of hydrogen-bond donors (Lipinski definition) is 2. The lowest BCUT2D eigenvalue weighted by Gasteiger charge is -2.61. The molecule has 0 saturated heterocycles. The number of phenolic OH excluding ortho intramolecular Hbond substituents is 1. The fourth-order valence-electron chi connectivity index (χ4n) is 7.97. The van der Waals surface area contributed by atoms with Gasteiger partial charge in [-0.1, -0.05) is 83.9 Å². The van der Waals surface area contributed by atoms with Crippen molar-refractivity contribution in [1.29, 1.82) is 0 Å². The summed E-state index contributed by atoms with van der Waals surface area (Å²) in [5, 5.41) is 23.0. The summed E-state index contributed by atoms with van der Waals surface area (Å²) in [6, 6.07) is 13.9. The Morgan fingerprint density at radius 3 is 2.00 bits per heavy atom. The molecule has 51 heavy (non-hydrogen) atoms. The van der Waals surface area contributed by atoms with Crippen molar-refractivity contribution < 1.29 is 29.3 Å². The van der Waals surface area contributed by atoms with Crippen LogP contribution in [0.4, 0.5) is 0 Å². The van der Waals surface area contributed by atoms with Gasteiger partial charge in [-0.05, 0) is 129 Å². The Kier molecular flexibility index (Phi) is 12.2. The largest absolute Gasteiger partial charge is 0.506 e.